The molecule has 5 heteroatoms. The van der Waals surface area contributed by atoms with Crippen molar-refractivity contribution in [1.82, 2.24) is 9.78 Å². The van der Waals surface area contributed by atoms with Crippen molar-refractivity contribution < 1.29 is 9.53 Å². The van der Waals surface area contributed by atoms with E-state index in [0.29, 0.717) is 6.04 Å². The molecule has 2 heterocycles. The Hall–Kier alpha value is -1.36. The van der Waals surface area contributed by atoms with Gasteiger partial charge in [0.15, 0.2) is 0 Å². The van der Waals surface area contributed by atoms with Gasteiger partial charge in [-0.25, -0.2) is 0 Å². The van der Waals surface area contributed by atoms with Gasteiger partial charge in [-0.05, 0) is 19.3 Å². The summed E-state index contributed by atoms with van der Waals surface area (Å²) in [6.45, 7) is 1.52. The molecule has 1 saturated carbocycles. The highest BCUT2D eigenvalue weighted by Crippen LogP contribution is 2.30. The van der Waals surface area contributed by atoms with Gasteiger partial charge in [-0.2, -0.15) is 5.10 Å². The number of aromatic nitrogens is 2. The van der Waals surface area contributed by atoms with Crippen molar-refractivity contribution >= 4 is 11.6 Å². The third kappa shape index (κ3) is 1.95. The number of carbonyl (C=O) groups excluding carboxylic acids is 1. The fourth-order valence-electron chi connectivity index (χ4n) is 1.92. The van der Waals surface area contributed by atoms with Crippen LogP contribution in [0.5, 0.6) is 0 Å². The lowest BCUT2D eigenvalue weighted by Crippen LogP contribution is -2.13. The van der Waals surface area contributed by atoms with Crippen molar-refractivity contribution in [2.75, 3.05) is 18.5 Å². The van der Waals surface area contributed by atoms with Crippen LogP contribution in [0.2, 0.25) is 0 Å². The van der Waals surface area contributed by atoms with E-state index in [0.717, 1.165) is 38.2 Å². The number of nitrogens with zero attached hydrogens (tertiary/aromatic N) is 2. The van der Waals surface area contributed by atoms with Gasteiger partial charge in [0.1, 0.15) is 0 Å². The first kappa shape index (κ1) is 9.84. The summed E-state index contributed by atoms with van der Waals surface area (Å²) < 4.78 is 7.19. The van der Waals surface area contributed by atoms with E-state index in [4.69, 9.17) is 4.74 Å². The van der Waals surface area contributed by atoms with Gasteiger partial charge >= 0.3 is 0 Å². The van der Waals surface area contributed by atoms with E-state index in [2.05, 4.69) is 10.4 Å². The maximum Gasteiger partial charge on any atom is 0.227 e. The van der Waals surface area contributed by atoms with Gasteiger partial charge < -0.3 is 10.1 Å². The van der Waals surface area contributed by atoms with Crippen molar-refractivity contribution in [1.29, 1.82) is 0 Å². The topological polar surface area (TPSA) is 56.2 Å². The Morgan fingerprint density at radius 3 is 3.06 bits per heavy atom. The second-order valence-electron chi connectivity index (χ2n) is 4.49. The van der Waals surface area contributed by atoms with Gasteiger partial charge in [-0.1, -0.05) is 0 Å². The minimum absolute atomic E-state index is 0.127. The fraction of sp³-hybridized carbons (Fsp3) is 0.636. The van der Waals surface area contributed by atoms with Crippen LogP contribution >= 0.6 is 0 Å². The van der Waals surface area contributed by atoms with E-state index >= 15 is 0 Å². The van der Waals surface area contributed by atoms with E-state index in [1.807, 2.05) is 10.9 Å². The first-order valence-corrected chi connectivity index (χ1v) is 5.76. The second kappa shape index (κ2) is 3.90. The van der Waals surface area contributed by atoms with Gasteiger partial charge in [0.05, 0.1) is 24.5 Å². The van der Waals surface area contributed by atoms with Crippen LogP contribution in [-0.2, 0) is 9.53 Å². The molecule has 1 amide bonds. The fourth-order valence-corrected chi connectivity index (χ4v) is 1.92. The molecule has 1 atom stereocenters. The van der Waals surface area contributed by atoms with Gasteiger partial charge in [0, 0.05) is 18.7 Å². The van der Waals surface area contributed by atoms with E-state index in [9.17, 15) is 4.79 Å². The molecule has 1 saturated heterocycles. The molecular weight excluding hydrogens is 206 g/mol. The van der Waals surface area contributed by atoms with Crippen molar-refractivity contribution in [3.63, 3.8) is 0 Å². The molecule has 2 fully saturated rings. The SMILES string of the molecule is O=C(Nc1cnn([C@@H]2CCOC2)c1)C1CC1. The Kier molecular flexibility index (Phi) is 2.40. The largest absolute Gasteiger partial charge is 0.379 e. The van der Waals surface area contributed by atoms with Gasteiger partial charge in [0.25, 0.3) is 0 Å². The van der Waals surface area contributed by atoms with Crippen LogP contribution in [0.4, 0.5) is 5.69 Å². The van der Waals surface area contributed by atoms with E-state index in [-0.39, 0.29) is 11.8 Å². The Morgan fingerprint density at radius 1 is 1.50 bits per heavy atom. The lowest BCUT2D eigenvalue weighted by Gasteiger charge is -2.06. The number of rotatable bonds is 3. The molecular formula is C11H15N3O2. The Labute approximate surface area is 93.8 Å². The van der Waals surface area contributed by atoms with Crippen LogP contribution in [0.25, 0.3) is 0 Å². The zero-order chi connectivity index (χ0) is 11.0. The van der Waals surface area contributed by atoms with Gasteiger partial charge in [-0.15, -0.1) is 0 Å². The van der Waals surface area contributed by atoms with Crippen molar-refractivity contribution in [3.05, 3.63) is 12.4 Å². The van der Waals surface area contributed by atoms with Crippen LogP contribution in [0, 0.1) is 5.92 Å². The number of nitrogens with one attached hydrogen (secondary N) is 1. The van der Waals surface area contributed by atoms with E-state index < -0.39 is 0 Å². The summed E-state index contributed by atoms with van der Waals surface area (Å²) in [5.41, 5.74) is 0.795. The summed E-state index contributed by atoms with van der Waals surface area (Å²) in [6.07, 6.45) is 6.64. The molecule has 0 radical (unpaired) electrons. The third-order valence-corrected chi connectivity index (χ3v) is 3.10. The summed E-state index contributed by atoms with van der Waals surface area (Å²) in [5, 5.41) is 7.14. The minimum Gasteiger partial charge on any atom is -0.379 e. The van der Waals surface area contributed by atoms with Gasteiger partial charge in [-0.3, -0.25) is 9.48 Å². The lowest BCUT2D eigenvalue weighted by molar-refractivity contribution is -0.117. The van der Waals surface area contributed by atoms with Crippen LogP contribution in [0.1, 0.15) is 25.3 Å². The Balaban J connectivity index is 1.64. The quantitative estimate of drug-likeness (QED) is 0.834. The van der Waals surface area contributed by atoms with Crippen molar-refractivity contribution in [3.8, 4) is 0 Å². The summed E-state index contributed by atoms with van der Waals surface area (Å²) in [4.78, 5) is 11.5. The smallest absolute Gasteiger partial charge is 0.227 e. The lowest BCUT2D eigenvalue weighted by atomic mass is 10.3. The average molecular weight is 221 g/mol. The summed E-state index contributed by atoms with van der Waals surface area (Å²) in [7, 11) is 0. The molecule has 86 valence electrons. The predicted molar refractivity (Wildman–Crippen MR) is 58.1 cm³/mol. The number of ether oxygens (including phenoxy) is 1. The summed E-state index contributed by atoms with van der Waals surface area (Å²) in [5.74, 6) is 0.361. The molecule has 1 aliphatic heterocycles. The molecule has 3 rings (SSSR count). The number of amides is 1. The highest BCUT2D eigenvalue weighted by atomic mass is 16.5. The number of hydrogen-bond donors (Lipinski definition) is 1. The zero-order valence-corrected chi connectivity index (χ0v) is 9.06. The number of anilines is 1. The second-order valence-corrected chi connectivity index (χ2v) is 4.49. The first-order valence-electron chi connectivity index (χ1n) is 5.76. The van der Waals surface area contributed by atoms with Crippen LogP contribution in [0.3, 0.4) is 0 Å². The molecule has 1 aromatic rings. The molecule has 1 N–H and O–H groups in total. The molecule has 5 nitrogen and oxygen atoms in total. The molecule has 16 heavy (non-hydrogen) atoms. The first-order chi connectivity index (χ1) is 7.83. The van der Waals surface area contributed by atoms with Crippen molar-refractivity contribution in [2.45, 2.75) is 25.3 Å². The molecule has 1 aromatic heterocycles. The van der Waals surface area contributed by atoms with Crippen LogP contribution < -0.4 is 5.32 Å². The highest BCUT2D eigenvalue weighted by molar-refractivity contribution is 5.93. The van der Waals surface area contributed by atoms with Crippen LogP contribution in [0.15, 0.2) is 12.4 Å². The molecule has 2 aliphatic rings. The highest BCUT2D eigenvalue weighted by Gasteiger charge is 2.30. The molecule has 0 unspecified atom stereocenters. The normalized spacial score (nSPS) is 24.6. The third-order valence-electron chi connectivity index (χ3n) is 3.10. The molecule has 0 aromatic carbocycles. The molecule has 1 aliphatic carbocycles. The number of hydrogen-bond acceptors (Lipinski definition) is 3. The Morgan fingerprint density at radius 2 is 2.38 bits per heavy atom. The maximum atomic E-state index is 11.5. The monoisotopic (exact) mass is 221 g/mol. The number of carbonyl (C=O) groups is 1. The van der Waals surface area contributed by atoms with E-state index in [1.165, 1.54) is 0 Å². The standard InChI is InChI=1S/C11H15N3O2/c15-11(8-1-2-8)13-9-5-12-14(6-9)10-3-4-16-7-10/h5-6,8,10H,1-4,7H2,(H,13,15)/t10-/m1/s1. The predicted octanol–water partition coefficient (Wildman–Crippen LogP) is 1.19. The average Bonchev–Trinajstić information content (AvgIpc) is 2.80. The molecule has 0 spiro atoms. The Bertz CT molecular complexity index is 392. The van der Waals surface area contributed by atoms with Crippen LogP contribution in [-0.4, -0.2) is 28.9 Å². The van der Waals surface area contributed by atoms with E-state index in [1.54, 1.807) is 6.20 Å². The van der Waals surface area contributed by atoms with Gasteiger partial charge in [0.2, 0.25) is 5.91 Å². The summed E-state index contributed by atoms with van der Waals surface area (Å²) in [6, 6.07) is 0.326. The maximum absolute atomic E-state index is 11.5. The van der Waals surface area contributed by atoms with Crippen molar-refractivity contribution in [2.24, 2.45) is 5.92 Å². The minimum atomic E-state index is 0.127. The molecule has 0 bridgehead atoms. The summed E-state index contributed by atoms with van der Waals surface area (Å²) >= 11 is 0. The zero-order valence-electron chi connectivity index (χ0n) is 9.06.